The molecule has 3 fully saturated rings. The van der Waals surface area contributed by atoms with Crippen LogP contribution in [-0.2, 0) is 4.74 Å². The fraction of sp³-hybridized carbons (Fsp3) is 1.00. The van der Waals surface area contributed by atoms with Crippen LogP contribution in [0.15, 0.2) is 0 Å². The zero-order valence-electron chi connectivity index (χ0n) is 10.8. The van der Waals surface area contributed by atoms with Gasteiger partial charge in [-0.1, -0.05) is 39.5 Å². The molecule has 16 heavy (non-hydrogen) atoms. The van der Waals surface area contributed by atoms with Gasteiger partial charge in [-0.05, 0) is 42.9 Å². The van der Waals surface area contributed by atoms with Crippen molar-refractivity contribution in [2.24, 2.45) is 23.7 Å². The normalized spacial score (nSPS) is 52.1. The predicted octanol–water partition coefficient (Wildman–Crippen LogP) is 4.02. The molecular formula is C15H26O. The van der Waals surface area contributed by atoms with Gasteiger partial charge in [0.2, 0.25) is 0 Å². The highest BCUT2D eigenvalue weighted by Crippen LogP contribution is 2.46. The summed E-state index contributed by atoms with van der Waals surface area (Å²) in [6.45, 7) is 4.93. The largest absolute Gasteiger partial charge is 0.370 e. The van der Waals surface area contributed by atoms with Crippen LogP contribution in [0.5, 0.6) is 0 Å². The molecule has 1 heterocycles. The van der Waals surface area contributed by atoms with E-state index in [4.69, 9.17) is 4.74 Å². The van der Waals surface area contributed by atoms with Gasteiger partial charge in [0.25, 0.3) is 0 Å². The Morgan fingerprint density at radius 3 is 2.44 bits per heavy atom. The van der Waals surface area contributed by atoms with Crippen molar-refractivity contribution in [3.8, 4) is 0 Å². The molecule has 3 rings (SSSR count). The molecule has 0 amide bonds. The summed E-state index contributed by atoms with van der Waals surface area (Å²) in [5, 5.41) is 0. The standard InChI is InChI=1S/C15H26O/c1-10-5-3-4-6-12(10)8-13-9-15-14(16-15)7-11(13)2/h10-15H,3-9H2,1-2H3. The van der Waals surface area contributed by atoms with Crippen LogP contribution >= 0.6 is 0 Å². The second-order valence-corrected chi connectivity index (χ2v) is 6.68. The van der Waals surface area contributed by atoms with Gasteiger partial charge in [-0.25, -0.2) is 0 Å². The first-order chi connectivity index (χ1) is 7.74. The highest BCUT2D eigenvalue weighted by molar-refractivity contribution is 4.95. The van der Waals surface area contributed by atoms with E-state index in [1.807, 2.05) is 0 Å². The minimum atomic E-state index is 0.662. The Bertz CT molecular complexity index is 250. The Kier molecular flexibility index (Phi) is 2.99. The van der Waals surface area contributed by atoms with Crippen LogP contribution < -0.4 is 0 Å². The number of hydrogen-bond donors (Lipinski definition) is 0. The molecule has 0 bridgehead atoms. The molecule has 0 spiro atoms. The molecular weight excluding hydrogens is 196 g/mol. The lowest BCUT2D eigenvalue weighted by Crippen LogP contribution is -2.27. The molecule has 0 N–H and O–H groups in total. The summed E-state index contributed by atoms with van der Waals surface area (Å²) in [7, 11) is 0. The van der Waals surface area contributed by atoms with Crippen molar-refractivity contribution in [3.63, 3.8) is 0 Å². The molecule has 0 aromatic carbocycles. The third-order valence-electron chi connectivity index (χ3n) is 5.53. The summed E-state index contributed by atoms with van der Waals surface area (Å²) in [5.41, 5.74) is 0. The Morgan fingerprint density at radius 1 is 0.875 bits per heavy atom. The zero-order chi connectivity index (χ0) is 11.1. The van der Waals surface area contributed by atoms with Crippen molar-refractivity contribution in [1.82, 2.24) is 0 Å². The van der Waals surface area contributed by atoms with Gasteiger partial charge in [0.05, 0.1) is 12.2 Å². The number of ether oxygens (including phenoxy) is 1. The molecule has 1 aliphatic heterocycles. The molecule has 1 heteroatoms. The fourth-order valence-electron chi connectivity index (χ4n) is 4.14. The minimum Gasteiger partial charge on any atom is -0.370 e. The smallest absolute Gasteiger partial charge is 0.0844 e. The van der Waals surface area contributed by atoms with Crippen LogP contribution in [0.1, 0.15) is 58.8 Å². The molecule has 0 radical (unpaired) electrons. The van der Waals surface area contributed by atoms with Crippen LogP contribution in [0.2, 0.25) is 0 Å². The van der Waals surface area contributed by atoms with E-state index in [0.29, 0.717) is 12.2 Å². The van der Waals surface area contributed by atoms with E-state index in [9.17, 15) is 0 Å². The van der Waals surface area contributed by atoms with Crippen molar-refractivity contribution >= 4 is 0 Å². The van der Waals surface area contributed by atoms with Crippen molar-refractivity contribution in [1.29, 1.82) is 0 Å². The molecule has 2 saturated carbocycles. The van der Waals surface area contributed by atoms with Gasteiger partial charge < -0.3 is 4.74 Å². The van der Waals surface area contributed by atoms with Gasteiger partial charge in [-0.15, -0.1) is 0 Å². The Morgan fingerprint density at radius 2 is 1.62 bits per heavy atom. The molecule has 3 aliphatic rings. The third kappa shape index (κ3) is 2.16. The first-order valence-corrected chi connectivity index (χ1v) is 7.39. The molecule has 6 unspecified atom stereocenters. The van der Waals surface area contributed by atoms with Crippen LogP contribution in [0.4, 0.5) is 0 Å². The van der Waals surface area contributed by atoms with Gasteiger partial charge in [0.15, 0.2) is 0 Å². The van der Waals surface area contributed by atoms with E-state index in [1.165, 1.54) is 44.9 Å². The molecule has 6 atom stereocenters. The Balaban J connectivity index is 1.56. The molecule has 92 valence electrons. The van der Waals surface area contributed by atoms with Crippen molar-refractivity contribution in [2.75, 3.05) is 0 Å². The average molecular weight is 222 g/mol. The monoisotopic (exact) mass is 222 g/mol. The van der Waals surface area contributed by atoms with Gasteiger partial charge in [-0.2, -0.15) is 0 Å². The number of epoxide rings is 1. The Labute approximate surface area is 99.9 Å². The van der Waals surface area contributed by atoms with Crippen molar-refractivity contribution in [3.05, 3.63) is 0 Å². The summed E-state index contributed by atoms with van der Waals surface area (Å²) in [5.74, 6) is 3.89. The zero-order valence-corrected chi connectivity index (χ0v) is 10.8. The van der Waals surface area contributed by atoms with Gasteiger partial charge in [-0.3, -0.25) is 0 Å². The number of rotatable bonds is 2. The summed E-state index contributed by atoms with van der Waals surface area (Å²) in [6, 6.07) is 0. The van der Waals surface area contributed by atoms with Crippen LogP contribution in [0.25, 0.3) is 0 Å². The van der Waals surface area contributed by atoms with E-state index >= 15 is 0 Å². The first-order valence-electron chi connectivity index (χ1n) is 7.39. The summed E-state index contributed by atoms with van der Waals surface area (Å²) < 4.78 is 5.69. The maximum Gasteiger partial charge on any atom is 0.0844 e. The van der Waals surface area contributed by atoms with E-state index in [-0.39, 0.29) is 0 Å². The SMILES string of the molecule is CC1CCCCC1CC1CC2OC2CC1C. The summed E-state index contributed by atoms with van der Waals surface area (Å²) in [6.07, 6.45) is 11.5. The van der Waals surface area contributed by atoms with Crippen LogP contribution in [0, 0.1) is 23.7 Å². The quantitative estimate of drug-likeness (QED) is 0.643. The number of fused-ring (bicyclic) bond motifs is 1. The topological polar surface area (TPSA) is 12.5 Å². The predicted molar refractivity (Wildman–Crippen MR) is 66.3 cm³/mol. The Hall–Kier alpha value is -0.0400. The lowest BCUT2D eigenvalue weighted by molar-refractivity contribution is 0.164. The summed E-state index contributed by atoms with van der Waals surface area (Å²) >= 11 is 0. The van der Waals surface area contributed by atoms with Gasteiger partial charge in [0.1, 0.15) is 0 Å². The average Bonchev–Trinajstić information content (AvgIpc) is 2.99. The van der Waals surface area contributed by atoms with E-state index in [2.05, 4.69) is 13.8 Å². The molecule has 2 aliphatic carbocycles. The number of hydrogen-bond acceptors (Lipinski definition) is 1. The highest BCUT2D eigenvalue weighted by Gasteiger charge is 2.47. The molecule has 0 aromatic rings. The van der Waals surface area contributed by atoms with Crippen LogP contribution in [0.3, 0.4) is 0 Å². The highest BCUT2D eigenvalue weighted by atomic mass is 16.6. The van der Waals surface area contributed by atoms with E-state index in [1.54, 1.807) is 0 Å². The maximum atomic E-state index is 5.69. The molecule has 0 aromatic heterocycles. The first kappa shape index (κ1) is 11.1. The van der Waals surface area contributed by atoms with Gasteiger partial charge >= 0.3 is 0 Å². The second kappa shape index (κ2) is 4.33. The second-order valence-electron chi connectivity index (χ2n) is 6.68. The van der Waals surface area contributed by atoms with Crippen molar-refractivity contribution in [2.45, 2.75) is 71.0 Å². The third-order valence-corrected chi connectivity index (χ3v) is 5.53. The fourth-order valence-corrected chi connectivity index (χ4v) is 4.14. The lowest BCUT2D eigenvalue weighted by atomic mass is 9.70. The van der Waals surface area contributed by atoms with Gasteiger partial charge in [0, 0.05) is 0 Å². The lowest BCUT2D eigenvalue weighted by Gasteiger charge is -2.35. The minimum absolute atomic E-state index is 0.662. The molecule has 1 saturated heterocycles. The summed E-state index contributed by atoms with van der Waals surface area (Å²) in [4.78, 5) is 0. The van der Waals surface area contributed by atoms with E-state index in [0.717, 1.165) is 23.7 Å². The molecule has 1 nitrogen and oxygen atoms in total. The van der Waals surface area contributed by atoms with E-state index < -0.39 is 0 Å². The maximum absolute atomic E-state index is 5.69. The van der Waals surface area contributed by atoms with Crippen LogP contribution in [-0.4, -0.2) is 12.2 Å². The van der Waals surface area contributed by atoms with Crippen molar-refractivity contribution < 1.29 is 4.74 Å².